The van der Waals surface area contributed by atoms with Crippen LogP contribution in [0, 0.1) is 0 Å². The molecule has 1 aromatic rings. The molecule has 1 aliphatic rings. The number of nitrogens with one attached hydrogen (secondary N) is 1. The highest BCUT2D eigenvalue weighted by Crippen LogP contribution is 2.22. The molecule has 0 radical (unpaired) electrons. The molecule has 1 unspecified atom stereocenters. The molecule has 1 atom stereocenters. The van der Waals surface area contributed by atoms with E-state index in [-0.39, 0.29) is 0 Å². The van der Waals surface area contributed by atoms with Crippen molar-refractivity contribution in [2.24, 2.45) is 0 Å². The Bertz CT molecular complexity index is 397. The first kappa shape index (κ1) is 11.4. The van der Waals surface area contributed by atoms with E-state index in [0.717, 1.165) is 16.7 Å². The highest BCUT2D eigenvalue weighted by atomic mass is 79.9. The van der Waals surface area contributed by atoms with Crippen molar-refractivity contribution < 1.29 is 9.90 Å². The highest BCUT2D eigenvalue weighted by Gasteiger charge is 2.28. The molecule has 0 spiro atoms. The second kappa shape index (κ2) is 4.84. The van der Waals surface area contributed by atoms with E-state index in [9.17, 15) is 4.79 Å². The average Bonchev–Trinajstić information content (AvgIpc) is 2.29. The lowest BCUT2D eigenvalue weighted by Gasteiger charge is -2.35. The summed E-state index contributed by atoms with van der Waals surface area (Å²) >= 11 is 3.40. The van der Waals surface area contributed by atoms with Crippen molar-refractivity contribution in [2.45, 2.75) is 6.04 Å². The maximum absolute atomic E-state index is 11.1. The Labute approximate surface area is 102 Å². The standard InChI is InChI=1S/C11H13BrN2O2/c12-8-2-1-3-9(6-8)14-5-4-13-7-10(14)11(15)16/h1-3,6,10,13H,4-5,7H2,(H,15,16). The van der Waals surface area contributed by atoms with E-state index in [1.807, 2.05) is 29.2 Å². The van der Waals surface area contributed by atoms with Gasteiger partial charge in [0, 0.05) is 29.8 Å². The number of aliphatic carboxylic acids is 1. The summed E-state index contributed by atoms with van der Waals surface area (Å²) in [5.74, 6) is -0.785. The molecule has 1 aliphatic heterocycles. The van der Waals surface area contributed by atoms with Gasteiger partial charge >= 0.3 is 5.97 Å². The number of carbonyl (C=O) groups is 1. The summed E-state index contributed by atoms with van der Waals surface area (Å²) in [6.07, 6.45) is 0. The molecule has 2 N–H and O–H groups in total. The minimum absolute atomic E-state index is 0.483. The van der Waals surface area contributed by atoms with Crippen LogP contribution in [0.3, 0.4) is 0 Å². The lowest BCUT2D eigenvalue weighted by atomic mass is 10.1. The third kappa shape index (κ3) is 2.36. The number of halogens is 1. The van der Waals surface area contributed by atoms with Gasteiger partial charge in [0.25, 0.3) is 0 Å². The first-order valence-electron chi connectivity index (χ1n) is 5.14. The lowest BCUT2D eigenvalue weighted by molar-refractivity contribution is -0.138. The van der Waals surface area contributed by atoms with Crippen molar-refractivity contribution >= 4 is 27.6 Å². The molecule has 1 heterocycles. The fourth-order valence-electron chi connectivity index (χ4n) is 1.89. The quantitative estimate of drug-likeness (QED) is 0.860. The summed E-state index contributed by atoms with van der Waals surface area (Å²) in [7, 11) is 0. The number of nitrogens with zero attached hydrogens (tertiary/aromatic N) is 1. The number of carboxylic acid groups (broad SMARTS) is 1. The topological polar surface area (TPSA) is 52.6 Å². The Morgan fingerprint density at radius 2 is 2.38 bits per heavy atom. The molecule has 86 valence electrons. The monoisotopic (exact) mass is 284 g/mol. The van der Waals surface area contributed by atoms with Gasteiger partial charge in [-0.15, -0.1) is 0 Å². The van der Waals surface area contributed by atoms with Crippen molar-refractivity contribution in [2.75, 3.05) is 24.5 Å². The molecule has 0 aliphatic carbocycles. The van der Waals surface area contributed by atoms with E-state index in [1.54, 1.807) is 0 Å². The van der Waals surface area contributed by atoms with Gasteiger partial charge in [0.05, 0.1) is 0 Å². The Kier molecular flexibility index (Phi) is 3.46. The van der Waals surface area contributed by atoms with Crippen molar-refractivity contribution in [3.8, 4) is 0 Å². The van der Waals surface area contributed by atoms with E-state index < -0.39 is 12.0 Å². The van der Waals surface area contributed by atoms with Crippen LogP contribution in [0.25, 0.3) is 0 Å². The second-order valence-corrected chi connectivity index (χ2v) is 4.65. The fourth-order valence-corrected chi connectivity index (χ4v) is 2.28. The van der Waals surface area contributed by atoms with E-state index in [2.05, 4.69) is 21.2 Å². The molecule has 1 saturated heterocycles. The Balaban J connectivity index is 2.26. The molecule has 0 aromatic heterocycles. The number of rotatable bonds is 2. The number of benzene rings is 1. The van der Waals surface area contributed by atoms with Crippen LogP contribution in [0.4, 0.5) is 5.69 Å². The van der Waals surface area contributed by atoms with Crippen molar-refractivity contribution in [3.63, 3.8) is 0 Å². The SMILES string of the molecule is O=C(O)C1CNCCN1c1cccc(Br)c1. The minimum Gasteiger partial charge on any atom is -0.480 e. The third-order valence-electron chi connectivity index (χ3n) is 2.67. The van der Waals surface area contributed by atoms with Crippen LogP contribution >= 0.6 is 15.9 Å². The normalized spacial score (nSPS) is 20.8. The van der Waals surface area contributed by atoms with Crippen LogP contribution in [0.2, 0.25) is 0 Å². The van der Waals surface area contributed by atoms with Crippen LogP contribution in [0.15, 0.2) is 28.7 Å². The largest absolute Gasteiger partial charge is 0.480 e. The molecule has 0 amide bonds. The van der Waals surface area contributed by atoms with Gasteiger partial charge in [-0.3, -0.25) is 0 Å². The Morgan fingerprint density at radius 1 is 1.56 bits per heavy atom. The van der Waals surface area contributed by atoms with Crippen LogP contribution in [0.5, 0.6) is 0 Å². The van der Waals surface area contributed by atoms with Gasteiger partial charge in [-0.1, -0.05) is 22.0 Å². The maximum Gasteiger partial charge on any atom is 0.327 e. The number of hydrogen-bond donors (Lipinski definition) is 2. The van der Waals surface area contributed by atoms with Crippen LogP contribution in [0.1, 0.15) is 0 Å². The number of carboxylic acids is 1. The smallest absolute Gasteiger partial charge is 0.327 e. The maximum atomic E-state index is 11.1. The predicted octanol–water partition coefficient (Wildman–Crippen LogP) is 1.31. The molecule has 1 fully saturated rings. The van der Waals surface area contributed by atoms with Gasteiger partial charge in [-0.25, -0.2) is 4.79 Å². The van der Waals surface area contributed by atoms with Gasteiger partial charge in [0.15, 0.2) is 0 Å². The molecule has 2 rings (SSSR count). The number of hydrogen-bond acceptors (Lipinski definition) is 3. The molecular weight excluding hydrogens is 272 g/mol. The molecule has 5 heteroatoms. The van der Waals surface area contributed by atoms with E-state index in [1.165, 1.54) is 0 Å². The molecule has 4 nitrogen and oxygen atoms in total. The molecule has 1 aromatic carbocycles. The van der Waals surface area contributed by atoms with E-state index in [4.69, 9.17) is 5.11 Å². The molecular formula is C11H13BrN2O2. The van der Waals surface area contributed by atoms with Gasteiger partial charge < -0.3 is 15.3 Å². The number of anilines is 1. The summed E-state index contributed by atoms with van der Waals surface area (Å²) in [5, 5.41) is 12.2. The first-order valence-corrected chi connectivity index (χ1v) is 5.93. The minimum atomic E-state index is -0.785. The van der Waals surface area contributed by atoms with Crippen molar-refractivity contribution in [1.29, 1.82) is 0 Å². The van der Waals surface area contributed by atoms with Gasteiger partial charge in [0.2, 0.25) is 0 Å². The van der Waals surface area contributed by atoms with Crippen molar-refractivity contribution in [1.82, 2.24) is 5.32 Å². The predicted molar refractivity (Wildman–Crippen MR) is 65.8 cm³/mol. The summed E-state index contributed by atoms with van der Waals surface area (Å²) in [5.41, 5.74) is 0.947. The van der Waals surface area contributed by atoms with Gasteiger partial charge in [-0.2, -0.15) is 0 Å². The molecule has 0 saturated carbocycles. The van der Waals surface area contributed by atoms with Crippen LogP contribution in [-0.4, -0.2) is 36.8 Å². The zero-order valence-electron chi connectivity index (χ0n) is 8.69. The summed E-state index contributed by atoms with van der Waals surface area (Å²) < 4.78 is 0.965. The Hall–Kier alpha value is -1.07. The summed E-state index contributed by atoms with van der Waals surface area (Å²) in [6.45, 7) is 2.02. The fraction of sp³-hybridized carbons (Fsp3) is 0.364. The van der Waals surface area contributed by atoms with Crippen molar-refractivity contribution in [3.05, 3.63) is 28.7 Å². The van der Waals surface area contributed by atoms with E-state index in [0.29, 0.717) is 13.1 Å². The summed E-state index contributed by atoms with van der Waals surface area (Å²) in [6, 6.07) is 7.25. The van der Waals surface area contributed by atoms with Crippen LogP contribution < -0.4 is 10.2 Å². The summed E-state index contributed by atoms with van der Waals surface area (Å²) in [4.78, 5) is 13.0. The molecule has 0 bridgehead atoms. The lowest BCUT2D eigenvalue weighted by Crippen LogP contribution is -2.55. The Morgan fingerprint density at radius 3 is 3.06 bits per heavy atom. The third-order valence-corrected chi connectivity index (χ3v) is 3.16. The zero-order valence-corrected chi connectivity index (χ0v) is 10.3. The first-order chi connectivity index (χ1) is 7.68. The second-order valence-electron chi connectivity index (χ2n) is 3.73. The molecule has 16 heavy (non-hydrogen) atoms. The van der Waals surface area contributed by atoms with Crippen LogP contribution in [-0.2, 0) is 4.79 Å². The highest BCUT2D eigenvalue weighted by molar-refractivity contribution is 9.10. The van der Waals surface area contributed by atoms with Gasteiger partial charge in [-0.05, 0) is 18.2 Å². The number of piperazine rings is 1. The van der Waals surface area contributed by atoms with E-state index >= 15 is 0 Å². The van der Waals surface area contributed by atoms with Gasteiger partial charge in [0.1, 0.15) is 6.04 Å². The zero-order chi connectivity index (χ0) is 11.5. The average molecular weight is 285 g/mol.